The predicted molar refractivity (Wildman–Crippen MR) is 110 cm³/mol. The van der Waals surface area contributed by atoms with Gasteiger partial charge in [0, 0.05) is 25.7 Å². The van der Waals surface area contributed by atoms with Gasteiger partial charge in [0.25, 0.3) is 0 Å². The quantitative estimate of drug-likeness (QED) is 0.317. The average Bonchev–Trinajstić information content (AvgIpc) is 3.03. The zero-order valence-electron chi connectivity index (χ0n) is 14.3. The van der Waals surface area contributed by atoms with Gasteiger partial charge < -0.3 is 15.5 Å². The number of likely N-dealkylation sites (N-methyl/N-ethyl adjacent to an activating group) is 1. The molecule has 23 heavy (non-hydrogen) atoms. The monoisotopic (exact) mass is 428 g/mol. The standard InChI is InChI=1S/C18H28N4.HI/c1-19-18(21-16-11-7-8-12-16)20-14-17(22(2)3)13-15-9-5-4-6-10-15;/h4-10,16-17H,11-14H2,1-3H3,(H2,19,20,21);1H. The van der Waals surface area contributed by atoms with E-state index in [9.17, 15) is 0 Å². The minimum atomic E-state index is 0. The molecule has 0 saturated heterocycles. The summed E-state index contributed by atoms with van der Waals surface area (Å²) in [6.45, 7) is 0.877. The van der Waals surface area contributed by atoms with Crippen LogP contribution in [0.5, 0.6) is 0 Å². The highest BCUT2D eigenvalue weighted by Gasteiger charge is 2.15. The molecular formula is C18H29IN4. The predicted octanol–water partition coefficient (Wildman–Crippen LogP) is 2.66. The van der Waals surface area contributed by atoms with E-state index in [2.05, 4.69) is 77.1 Å². The summed E-state index contributed by atoms with van der Waals surface area (Å²) in [6.07, 6.45) is 7.65. The molecule has 0 fully saturated rings. The van der Waals surface area contributed by atoms with Crippen molar-refractivity contribution in [1.82, 2.24) is 15.5 Å². The second kappa shape index (κ2) is 10.6. The smallest absolute Gasteiger partial charge is 0.191 e. The first-order valence-electron chi connectivity index (χ1n) is 8.01. The van der Waals surface area contributed by atoms with Crippen LogP contribution in [-0.2, 0) is 6.42 Å². The van der Waals surface area contributed by atoms with E-state index in [1.165, 1.54) is 5.56 Å². The molecule has 4 nitrogen and oxygen atoms in total. The maximum Gasteiger partial charge on any atom is 0.191 e. The molecule has 1 aliphatic carbocycles. The van der Waals surface area contributed by atoms with Gasteiger partial charge in [0.15, 0.2) is 5.96 Å². The minimum Gasteiger partial charge on any atom is -0.355 e. The zero-order chi connectivity index (χ0) is 15.8. The van der Waals surface area contributed by atoms with E-state index >= 15 is 0 Å². The molecule has 0 spiro atoms. The average molecular weight is 428 g/mol. The fraction of sp³-hybridized carbons (Fsp3) is 0.500. The lowest BCUT2D eigenvalue weighted by atomic mass is 10.1. The van der Waals surface area contributed by atoms with Crippen molar-refractivity contribution in [1.29, 1.82) is 0 Å². The van der Waals surface area contributed by atoms with Gasteiger partial charge in [-0.15, -0.1) is 24.0 Å². The Morgan fingerprint density at radius 2 is 1.87 bits per heavy atom. The molecule has 1 atom stereocenters. The summed E-state index contributed by atoms with van der Waals surface area (Å²) in [6, 6.07) is 11.6. The van der Waals surface area contributed by atoms with Gasteiger partial charge in [-0.3, -0.25) is 4.99 Å². The van der Waals surface area contributed by atoms with Gasteiger partial charge >= 0.3 is 0 Å². The summed E-state index contributed by atoms with van der Waals surface area (Å²) in [5.41, 5.74) is 1.37. The van der Waals surface area contributed by atoms with E-state index in [-0.39, 0.29) is 24.0 Å². The molecule has 1 unspecified atom stereocenters. The number of nitrogens with zero attached hydrogens (tertiary/aromatic N) is 2. The minimum absolute atomic E-state index is 0. The fourth-order valence-electron chi connectivity index (χ4n) is 2.66. The molecule has 0 aliphatic heterocycles. The van der Waals surface area contributed by atoms with Crippen LogP contribution in [0, 0.1) is 0 Å². The lowest BCUT2D eigenvalue weighted by Gasteiger charge is -2.26. The van der Waals surface area contributed by atoms with Gasteiger partial charge in [-0.25, -0.2) is 0 Å². The summed E-state index contributed by atoms with van der Waals surface area (Å²) < 4.78 is 0. The number of halogens is 1. The Balaban J connectivity index is 0.00000264. The van der Waals surface area contributed by atoms with Crippen LogP contribution in [0.25, 0.3) is 0 Å². The molecule has 2 rings (SSSR count). The van der Waals surface area contributed by atoms with E-state index in [4.69, 9.17) is 0 Å². The Morgan fingerprint density at radius 3 is 2.43 bits per heavy atom. The summed E-state index contributed by atoms with van der Waals surface area (Å²) in [7, 11) is 6.10. The topological polar surface area (TPSA) is 39.7 Å². The number of rotatable bonds is 6. The Morgan fingerprint density at radius 1 is 1.22 bits per heavy atom. The molecule has 0 amide bonds. The van der Waals surface area contributed by atoms with E-state index in [1.54, 1.807) is 0 Å². The van der Waals surface area contributed by atoms with E-state index < -0.39 is 0 Å². The largest absolute Gasteiger partial charge is 0.355 e. The lowest BCUT2D eigenvalue weighted by Crippen LogP contribution is -2.48. The van der Waals surface area contributed by atoms with Crippen LogP contribution in [0.2, 0.25) is 0 Å². The second-order valence-electron chi connectivity index (χ2n) is 6.04. The Kier molecular flexibility index (Phi) is 9.24. The highest BCUT2D eigenvalue weighted by Crippen LogP contribution is 2.09. The van der Waals surface area contributed by atoms with Gasteiger partial charge in [-0.2, -0.15) is 0 Å². The van der Waals surface area contributed by atoms with Crippen LogP contribution in [0.15, 0.2) is 47.5 Å². The third-order valence-corrected chi connectivity index (χ3v) is 4.12. The normalized spacial score (nSPS) is 16.3. The van der Waals surface area contributed by atoms with Crippen molar-refractivity contribution >= 4 is 29.9 Å². The Bertz CT molecular complexity index is 491. The number of hydrogen-bond donors (Lipinski definition) is 2. The number of aliphatic imine (C=N–C) groups is 1. The van der Waals surface area contributed by atoms with Crippen LogP contribution in [0.1, 0.15) is 18.4 Å². The summed E-state index contributed by atoms with van der Waals surface area (Å²) in [5, 5.41) is 6.95. The summed E-state index contributed by atoms with van der Waals surface area (Å²) in [4.78, 5) is 6.61. The van der Waals surface area contributed by atoms with Crippen molar-refractivity contribution in [3.63, 3.8) is 0 Å². The van der Waals surface area contributed by atoms with Crippen LogP contribution < -0.4 is 10.6 Å². The van der Waals surface area contributed by atoms with Crippen molar-refractivity contribution in [2.24, 2.45) is 4.99 Å². The molecule has 5 heteroatoms. The molecule has 0 radical (unpaired) electrons. The highest BCUT2D eigenvalue weighted by molar-refractivity contribution is 14.0. The van der Waals surface area contributed by atoms with Crippen molar-refractivity contribution in [2.75, 3.05) is 27.7 Å². The molecule has 1 aliphatic rings. The third-order valence-electron chi connectivity index (χ3n) is 4.12. The first-order chi connectivity index (χ1) is 10.7. The molecule has 1 aromatic carbocycles. The summed E-state index contributed by atoms with van der Waals surface area (Å²) >= 11 is 0. The molecule has 2 N–H and O–H groups in total. The Labute approximate surface area is 157 Å². The first kappa shape index (κ1) is 20.0. The molecule has 0 aromatic heterocycles. The molecule has 0 bridgehead atoms. The Hall–Kier alpha value is -1.08. The van der Waals surface area contributed by atoms with Gasteiger partial charge in [0.1, 0.15) is 0 Å². The summed E-state index contributed by atoms with van der Waals surface area (Å²) in [5.74, 6) is 0.897. The number of hydrogen-bond acceptors (Lipinski definition) is 2. The molecule has 0 saturated carbocycles. The van der Waals surface area contributed by atoms with E-state index in [0.29, 0.717) is 12.1 Å². The highest BCUT2D eigenvalue weighted by atomic mass is 127. The van der Waals surface area contributed by atoms with Crippen LogP contribution in [0.4, 0.5) is 0 Å². The molecule has 0 heterocycles. The molecule has 128 valence electrons. The van der Waals surface area contributed by atoms with Gasteiger partial charge in [-0.1, -0.05) is 42.5 Å². The second-order valence-corrected chi connectivity index (χ2v) is 6.04. The molecular weight excluding hydrogens is 399 g/mol. The van der Waals surface area contributed by atoms with Gasteiger partial charge in [0.2, 0.25) is 0 Å². The van der Waals surface area contributed by atoms with E-state index in [1.807, 2.05) is 7.05 Å². The van der Waals surface area contributed by atoms with E-state index in [0.717, 1.165) is 31.8 Å². The number of guanidine groups is 1. The van der Waals surface area contributed by atoms with Crippen molar-refractivity contribution in [2.45, 2.75) is 31.3 Å². The van der Waals surface area contributed by atoms with Crippen molar-refractivity contribution in [3.05, 3.63) is 48.0 Å². The van der Waals surface area contributed by atoms with Crippen LogP contribution >= 0.6 is 24.0 Å². The fourth-order valence-corrected chi connectivity index (χ4v) is 2.66. The number of nitrogens with one attached hydrogen (secondary N) is 2. The van der Waals surface area contributed by atoms with Gasteiger partial charge in [-0.05, 0) is 38.9 Å². The number of benzene rings is 1. The van der Waals surface area contributed by atoms with Crippen LogP contribution in [0.3, 0.4) is 0 Å². The zero-order valence-corrected chi connectivity index (χ0v) is 16.7. The lowest BCUT2D eigenvalue weighted by molar-refractivity contribution is 0.290. The maximum atomic E-state index is 4.34. The first-order valence-corrected chi connectivity index (χ1v) is 8.01. The van der Waals surface area contributed by atoms with Crippen LogP contribution in [-0.4, -0.2) is 50.6 Å². The van der Waals surface area contributed by atoms with Gasteiger partial charge in [0.05, 0.1) is 0 Å². The SMILES string of the molecule is CN=C(NCC(Cc1ccccc1)N(C)C)NC1CC=CC1.I. The maximum absolute atomic E-state index is 4.34. The third kappa shape index (κ3) is 6.91. The van der Waals surface area contributed by atoms with Crippen molar-refractivity contribution in [3.8, 4) is 0 Å². The molecule has 1 aromatic rings. The van der Waals surface area contributed by atoms with Crippen molar-refractivity contribution < 1.29 is 0 Å².